The minimum atomic E-state index is -1.05. The Morgan fingerprint density at radius 3 is 2.50 bits per heavy atom. The molecular formula is C27H42N2O5. The fourth-order valence-corrected chi connectivity index (χ4v) is 7.79. The Kier molecular flexibility index (Phi) is 6.64. The van der Waals surface area contributed by atoms with Gasteiger partial charge in [-0.2, -0.15) is 0 Å². The third-order valence-electron chi connectivity index (χ3n) is 10.2. The number of aliphatic carboxylic acids is 1. The fraction of sp³-hybridized carbons (Fsp3) is 0.815. The van der Waals surface area contributed by atoms with Gasteiger partial charge in [-0.15, -0.1) is 0 Å². The van der Waals surface area contributed by atoms with E-state index in [1.807, 2.05) is 0 Å². The quantitative estimate of drug-likeness (QED) is 0.498. The van der Waals surface area contributed by atoms with Crippen LogP contribution in [0.25, 0.3) is 0 Å². The van der Waals surface area contributed by atoms with Crippen molar-refractivity contribution in [1.82, 2.24) is 5.32 Å². The molecule has 0 radical (unpaired) electrons. The van der Waals surface area contributed by atoms with E-state index in [2.05, 4.69) is 37.3 Å². The number of rotatable bonds is 6. The number of fused-ring (bicyclic) bond motifs is 5. The van der Waals surface area contributed by atoms with E-state index in [0.717, 1.165) is 44.2 Å². The van der Waals surface area contributed by atoms with Crippen LogP contribution in [-0.2, 0) is 14.4 Å². The molecule has 0 heterocycles. The van der Waals surface area contributed by atoms with Crippen molar-refractivity contribution >= 4 is 17.6 Å². The van der Waals surface area contributed by atoms with Crippen molar-refractivity contribution in [2.45, 2.75) is 97.6 Å². The molecule has 7 atom stereocenters. The van der Waals surface area contributed by atoms with E-state index in [4.69, 9.17) is 4.84 Å². The first-order valence-electron chi connectivity index (χ1n) is 13.0. The average Bonchev–Trinajstić information content (AvgIpc) is 3.00. The van der Waals surface area contributed by atoms with Gasteiger partial charge in [-0.3, -0.25) is 4.79 Å². The van der Waals surface area contributed by atoms with Crippen LogP contribution in [0.4, 0.5) is 0 Å². The number of nitrogens with zero attached hydrogens (tertiary/aromatic N) is 1. The summed E-state index contributed by atoms with van der Waals surface area (Å²) in [5.74, 6) is 0.199. The van der Waals surface area contributed by atoms with Gasteiger partial charge in [0.2, 0.25) is 0 Å². The topological polar surface area (TPSA) is 108 Å². The maximum absolute atomic E-state index is 12.1. The molecule has 3 N–H and O–H groups in total. The van der Waals surface area contributed by atoms with Crippen LogP contribution < -0.4 is 5.32 Å². The van der Waals surface area contributed by atoms with Crippen LogP contribution >= 0.6 is 0 Å². The summed E-state index contributed by atoms with van der Waals surface area (Å²) < 4.78 is 0. The third kappa shape index (κ3) is 4.18. The summed E-state index contributed by atoms with van der Waals surface area (Å²) in [6.07, 6.45) is 10.6. The molecule has 0 aromatic rings. The van der Waals surface area contributed by atoms with Gasteiger partial charge in [0.15, 0.2) is 6.61 Å². The molecule has 1 amide bonds. The monoisotopic (exact) mass is 474 g/mol. The van der Waals surface area contributed by atoms with E-state index < -0.39 is 23.5 Å². The number of carboxylic acid groups (broad SMARTS) is 1. The molecule has 190 valence electrons. The number of oxime groups is 1. The van der Waals surface area contributed by atoms with Crippen molar-refractivity contribution in [2.75, 3.05) is 6.61 Å². The summed E-state index contributed by atoms with van der Waals surface area (Å²) >= 11 is 0. The molecule has 34 heavy (non-hydrogen) atoms. The zero-order chi connectivity index (χ0) is 24.9. The van der Waals surface area contributed by atoms with Gasteiger partial charge < -0.3 is 20.4 Å². The predicted octanol–water partition coefficient (Wildman–Crippen LogP) is 4.30. The zero-order valence-electron chi connectivity index (χ0n) is 21.4. The number of nitrogens with one attached hydrogen (secondary N) is 1. The molecule has 4 aliphatic rings. The lowest BCUT2D eigenvalue weighted by atomic mass is 9.46. The Hall–Kier alpha value is -1.89. The first kappa shape index (κ1) is 25.2. The molecule has 3 fully saturated rings. The minimum Gasteiger partial charge on any atom is -0.480 e. The predicted molar refractivity (Wildman–Crippen MR) is 130 cm³/mol. The van der Waals surface area contributed by atoms with Crippen LogP contribution in [0.1, 0.15) is 86.0 Å². The highest BCUT2D eigenvalue weighted by molar-refractivity contribution is 5.96. The molecule has 0 saturated heterocycles. The van der Waals surface area contributed by atoms with Crippen LogP contribution in [-0.4, -0.2) is 46.1 Å². The summed E-state index contributed by atoms with van der Waals surface area (Å²) in [4.78, 5) is 28.7. The van der Waals surface area contributed by atoms with Gasteiger partial charge in [-0.05, 0) is 98.9 Å². The second-order valence-corrected chi connectivity index (χ2v) is 12.3. The Morgan fingerprint density at radius 2 is 1.82 bits per heavy atom. The van der Waals surface area contributed by atoms with Gasteiger partial charge in [-0.25, -0.2) is 4.79 Å². The summed E-state index contributed by atoms with van der Waals surface area (Å²) in [5, 5.41) is 27.0. The maximum Gasteiger partial charge on any atom is 0.326 e. The van der Waals surface area contributed by atoms with Gasteiger partial charge in [0.25, 0.3) is 5.91 Å². The summed E-state index contributed by atoms with van der Waals surface area (Å²) in [5.41, 5.74) is 1.97. The molecule has 0 bridgehead atoms. The number of aliphatic hydroxyl groups is 1. The highest BCUT2D eigenvalue weighted by atomic mass is 16.6. The van der Waals surface area contributed by atoms with Gasteiger partial charge in [0, 0.05) is 0 Å². The van der Waals surface area contributed by atoms with Gasteiger partial charge in [-0.1, -0.05) is 38.4 Å². The number of hydrogen-bond donors (Lipinski definition) is 3. The molecule has 0 aliphatic heterocycles. The summed E-state index contributed by atoms with van der Waals surface area (Å²) in [6.45, 7) is 10.0. The van der Waals surface area contributed by atoms with E-state index in [9.17, 15) is 19.8 Å². The normalized spacial score (nSPS) is 41.2. The van der Waals surface area contributed by atoms with Crippen LogP contribution in [0, 0.1) is 34.5 Å². The molecule has 0 aromatic carbocycles. The summed E-state index contributed by atoms with van der Waals surface area (Å²) in [7, 11) is 0. The molecule has 4 aliphatic carbocycles. The van der Waals surface area contributed by atoms with Crippen LogP contribution in [0.3, 0.4) is 0 Å². The summed E-state index contributed by atoms with van der Waals surface area (Å²) in [6, 6.07) is -0.933. The Balaban J connectivity index is 1.40. The fourth-order valence-electron chi connectivity index (χ4n) is 7.79. The van der Waals surface area contributed by atoms with Gasteiger partial charge in [0.05, 0.1) is 11.3 Å². The van der Waals surface area contributed by atoms with Crippen molar-refractivity contribution < 1.29 is 24.6 Å². The maximum atomic E-state index is 12.1. The lowest BCUT2D eigenvalue weighted by Gasteiger charge is -2.59. The molecule has 0 aromatic heterocycles. The zero-order valence-corrected chi connectivity index (χ0v) is 21.4. The van der Waals surface area contributed by atoms with Crippen molar-refractivity contribution in [3.8, 4) is 0 Å². The lowest BCUT2D eigenvalue weighted by Crippen LogP contribution is -2.53. The van der Waals surface area contributed by atoms with E-state index in [1.165, 1.54) is 18.4 Å². The minimum absolute atomic E-state index is 0.0384. The van der Waals surface area contributed by atoms with E-state index in [0.29, 0.717) is 17.8 Å². The molecule has 0 spiro atoms. The largest absolute Gasteiger partial charge is 0.480 e. The number of carboxylic acids is 1. The van der Waals surface area contributed by atoms with Crippen molar-refractivity contribution in [3.63, 3.8) is 0 Å². The van der Waals surface area contributed by atoms with E-state index in [-0.39, 0.29) is 23.4 Å². The molecule has 4 rings (SSSR count). The highest BCUT2D eigenvalue weighted by Gasteiger charge is 2.62. The average molecular weight is 475 g/mol. The first-order chi connectivity index (χ1) is 15.9. The Morgan fingerprint density at radius 1 is 1.12 bits per heavy atom. The third-order valence-corrected chi connectivity index (χ3v) is 10.2. The standard InChI is InChI=1S/C27H42N2O5/c1-16(2)23(24(31)32)28-22(30)15-34-29-18-8-11-25(3)17(14-18)6-7-19-20(25)9-12-26(4)21(19)10-13-27(26,5)33/h14,16,19-21,23,33H,6-13,15H2,1-5H3,(H,28,30)(H,31,32)/t19-,20?,21?,23?,25+,26+,27+/m1/s1. The first-order valence-corrected chi connectivity index (χ1v) is 13.0. The van der Waals surface area contributed by atoms with Crippen molar-refractivity contribution in [2.24, 2.45) is 39.7 Å². The molecule has 3 saturated carbocycles. The van der Waals surface area contributed by atoms with E-state index >= 15 is 0 Å². The van der Waals surface area contributed by atoms with Crippen LogP contribution in [0.2, 0.25) is 0 Å². The molecule has 3 unspecified atom stereocenters. The number of hydrogen-bond acceptors (Lipinski definition) is 5. The van der Waals surface area contributed by atoms with Gasteiger partial charge >= 0.3 is 5.97 Å². The number of carbonyl (C=O) groups is 2. The Bertz CT molecular complexity index is 893. The smallest absolute Gasteiger partial charge is 0.326 e. The van der Waals surface area contributed by atoms with E-state index in [1.54, 1.807) is 13.8 Å². The highest BCUT2D eigenvalue weighted by Crippen LogP contribution is 2.67. The van der Waals surface area contributed by atoms with Crippen molar-refractivity contribution in [1.29, 1.82) is 0 Å². The number of carbonyl (C=O) groups excluding carboxylic acids is 1. The molecular weight excluding hydrogens is 432 g/mol. The van der Waals surface area contributed by atoms with Gasteiger partial charge in [0.1, 0.15) is 6.04 Å². The van der Waals surface area contributed by atoms with Crippen LogP contribution in [0.5, 0.6) is 0 Å². The van der Waals surface area contributed by atoms with Crippen molar-refractivity contribution in [3.05, 3.63) is 11.6 Å². The molecule has 7 heteroatoms. The number of amides is 1. The number of allylic oxidation sites excluding steroid dienone is 2. The Labute approximate surface area is 203 Å². The SMILES string of the molecule is CC(C)C(NC(=O)CON=C1C=C2CC[C@@H]3C(CC[C@@]4(C)C3CC[C@]4(C)O)[C@@]2(C)CC1)C(=O)O. The second kappa shape index (κ2) is 8.96. The van der Waals surface area contributed by atoms with Crippen LogP contribution in [0.15, 0.2) is 16.8 Å². The molecule has 7 nitrogen and oxygen atoms in total. The lowest BCUT2D eigenvalue weighted by molar-refractivity contribution is -0.143. The second-order valence-electron chi connectivity index (χ2n) is 12.3.